The van der Waals surface area contributed by atoms with E-state index in [-0.39, 0.29) is 16.1 Å². The quantitative estimate of drug-likeness (QED) is 0.238. The third-order valence-corrected chi connectivity index (χ3v) is 6.24. The molecule has 0 bridgehead atoms. The number of alkyl halides is 1. The smallest absolute Gasteiger partial charge is 0.305 e. The Labute approximate surface area is 149 Å². The molecule has 0 saturated carbocycles. The van der Waals surface area contributed by atoms with Gasteiger partial charge in [0, 0.05) is 11.8 Å². The molecule has 0 saturated heterocycles. The van der Waals surface area contributed by atoms with Gasteiger partial charge in [-0.05, 0) is 26.2 Å². The fraction of sp³-hybridized carbons (Fsp3) is 0.824. The summed E-state index contributed by atoms with van der Waals surface area (Å²) in [5.74, 6) is -0.101. The van der Waals surface area contributed by atoms with Gasteiger partial charge in [0.1, 0.15) is 0 Å². The average Bonchev–Trinajstić information content (AvgIpc) is 2.75. The molecule has 0 aliphatic carbocycles. The number of esters is 1. The monoisotopic (exact) mass is 366 g/mol. The van der Waals surface area contributed by atoms with Crippen molar-refractivity contribution in [2.24, 2.45) is 5.41 Å². The summed E-state index contributed by atoms with van der Waals surface area (Å²) in [6, 6.07) is 0. The Bertz CT molecular complexity index is 374. The van der Waals surface area contributed by atoms with Crippen LogP contribution >= 0.6 is 35.0 Å². The van der Waals surface area contributed by atoms with E-state index in [0.29, 0.717) is 13.0 Å². The zero-order chi connectivity index (χ0) is 16.4. The summed E-state index contributed by atoms with van der Waals surface area (Å²) in [6.07, 6.45) is 11.5. The molecule has 0 amide bonds. The predicted molar refractivity (Wildman–Crippen MR) is 97.5 cm³/mol. The Hall–Kier alpha value is 0.140. The van der Waals surface area contributed by atoms with Crippen molar-refractivity contribution >= 4 is 40.9 Å². The lowest BCUT2D eigenvalue weighted by molar-refractivity contribution is -0.143. The van der Waals surface area contributed by atoms with E-state index in [9.17, 15) is 4.79 Å². The summed E-state index contributed by atoms with van der Waals surface area (Å²) in [4.78, 5) is 11.4. The van der Waals surface area contributed by atoms with Gasteiger partial charge in [-0.15, -0.1) is 11.6 Å². The Morgan fingerprint density at radius 2 is 1.91 bits per heavy atom. The van der Waals surface area contributed by atoms with E-state index in [1.54, 1.807) is 11.8 Å². The molecule has 0 N–H and O–H groups in total. The molecule has 1 rings (SSSR count). The Morgan fingerprint density at radius 3 is 2.45 bits per heavy atom. The first-order valence-corrected chi connectivity index (χ1v) is 10.1. The molecule has 5 heteroatoms. The van der Waals surface area contributed by atoms with Gasteiger partial charge in [0.15, 0.2) is 0 Å². The molecule has 22 heavy (non-hydrogen) atoms. The zero-order valence-electron chi connectivity index (χ0n) is 13.7. The van der Waals surface area contributed by atoms with Crippen molar-refractivity contribution in [2.75, 3.05) is 6.61 Å². The van der Waals surface area contributed by atoms with Crippen LogP contribution in [0.3, 0.4) is 0 Å². The minimum atomic E-state index is -0.101. The molecule has 1 aliphatic heterocycles. The van der Waals surface area contributed by atoms with Crippen molar-refractivity contribution in [2.45, 2.75) is 76.3 Å². The van der Waals surface area contributed by atoms with Crippen LogP contribution in [0.25, 0.3) is 0 Å². The lowest BCUT2D eigenvalue weighted by Gasteiger charge is -2.30. The number of rotatable bonds is 11. The molecule has 0 aromatic heterocycles. The van der Waals surface area contributed by atoms with Crippen LogP contribution in [0.4, 0.5) is 0 Å². The van der Waals surface area contributed by atoms with Crippen LogP contribution in [0.2, 0.25) is 0 Å². The molecule has 128 valence electrons. The SMILES string of the molecule is CCCCCCC1(CCCCC(=O)OCC)C=C(Cl)SC1Cl. The van der Waals surface area contributed by atoms with Gasteiger partial charge in [0.2, 0.25) is 0 Å². The number of unbranched alkanes of at least 4 members (excludes halogenated alkanes) is 4. The van der Waals surface area contributed by atoms with Crippen LogP contribution in [0, 0.1) is 5.41 Å². The predicted octanol–water partition coefficient (Wildman–Crippen LogP) is 6.46. The molecular formula is C17H28Cl2O2S. The lowest BCUT2D eigenvalue weighted by atomic mass is 9.79. The maximum absolute atomic E-state index is 11.4. The van der Waals surface area contributed by atoms with Gasteiger partial charge in [-0.25, -0.2) is 0 Å². The molecule has 0 aromatic carbocycles. The molecule has 1 heterocycles. The van der Waals surface area contributed by atoms with Crippen molar-refractivity contribution in [3.8, 4) is 0 Å². The van der Waals surface area contributed by atoms with Crippen molar-refractivity contribution in [1.82, 2.24) is 0 Å². The number of allylic oxidation sites excluding steroid dienone is 1. The van der Waals surface area contributed by atoms with Gasteiger partial charge in [-0.2, -0.15) is 0 Å². The number of hydrogen-bond acceptors (Lipinski definition) is 3. The highest BCUT2D eigenvalue weighted by Gasteiger charge is 2.40. The second-order valence-corrected chi connectivity index (χ2v) is 8.41. The molecule has 2 atom stereocenters. The zero-order valence-corrected chi connectivity index (χ0v) is 16.0. The largest absolute Gasteiger partial charge is 0.466 e. The van der Waals surface area contributed by atoms with Gasteiger partial charge >= 0.3 is 5.97 Å². The Morgan fingerprint density at radius 1 is 1.23 bits per heavy atom. The number of hydrogen-bond donors (Lipinski definition) is 0. The van der Waals surface area contributed by atoms with Crippen LogP contribution < -0.4 is 0 Å². The molecular weight excluding hydrogens is 339 g/mol. The van der Waals surface area contributed by atoms with Crippen LogP contribution in [-0.4, -0.2) is 17.3 Å². The molecule has 2 unspecified atom stereocenters. The fourth-order valence-electron chi connectivity index (χ4n) is 2.88. The fourth-order valence-corrected chi connectivity index (χ4v) is 5.10. The Kier molecular flexibility index (Phi) is 9.94. The highest BCUT2D eigenvalue weighted by atomic mass is 35.5. The summed E-state index contributed by atoms with van der Waals surface area (Å²) in [7, 11) is 0. The first-order chi connectivity index (χ1) is 10.5. The molecule has 1 aliphatic rings. The second-order valence-electron chi connectivity index (χ2n) is 5.94. The summed E-state index contributed by atoms with van der Waals surface area (Å²) in [5.41, 5.74) is -0.00823. The minimum Gasteiger partial charge on any atom is -0.466 e. The summed E-state index contributed by atoms with van der Waals surface area (Å²) in [5, 5.41) is 0. The van der Waals surface area contributed by atoms with Crippen LogP contribution in [0.15, 0.2) is 10.4 Å². The lowest BCUT2D eigenvalue weighted by Crippen LogP contribution is -2.24. The number of carbonyl (C=O) groups excluding carboxylic acids is 1. The number of thioether (sulfide) groups is 1. The second kappa shape index (κ2) is 10.8. The van der Waals surface area contributed by atoms with Gasteiger partial charge in [0.25, 0.3) is 0 Å². The normalized spacial score (nSPS) is 24.4. The van der Waals surface area contributed by atoms with Crippen molar-refractivity contribution < 1.29 is 9.53 Å². The van der Waals surface area contributed by atoms with Gasteiger partial charge in [-0.3, -0.25) is 4.79 Å². The minimum absolute atomic E-state index is 0.00823. The Balaban J connectivity index is 2.44. The van der Waals surface area contributed by atoms with Gasteiger partial charge in [-0.1, -0.05) is 68.5 Å². The molecule has 2 nitrogen and oxygen atoms in total. The standard InChI is InChI=1S/C17H28Cl2O2S/c1-3-5-6-8-11-17(13-14(18)22-16(17)19)12-9-7-10-15(20)21-4-2/h13,16H,3-12H2,1-2H3. The number of ether oxygens (including phenoxy) is 1. The summed E-state index contributed by atoms with van der Waals surface area (Å²) >= 11 is 14.3. The van der Waals surface area contributed by atoms with Crippen LogP contribution in [-0.2, 0) is 9.53 Å². The van der Waals surface area contributed by atoms with E-state index in [1.807, 2.05) is 6.92 Å². The first kappa shape index (κ1) is 20.2. The maximum Gasteiger partial charge on any atom is 0.305 e. The number of carbonyl (C=O) groups is 1. The van der Waals surface area contributed by atoms with Gasteiger partial charge < -0.3 is 4.74 Å². The highest BCUT2D eigenvalue weighted by Crippen LogP contribution is 2.54. The highest BCUT2D eigenvalue weighted by molar-refractivity contribution is 8.06. The molecule has 0 radical (unpaired) electrons. The average molecular weight is 367 g/mol. The van der Waals surface area contributed by atoms with Crippen LogP contribution in [0.1, 0.15) is 71.6 Å². The molecule has 0 fully saturated rings. The van der Waals surface area contributed by atoms with E-state index < -0.39 is 0 Å². The van der Waals surface area contributed by atoms with Crippen LogP contribution in [0.5, 0.6) is 0 Å². The maximum atomic E-state index is 11.4. The first-order valence-electron chi connectivity index (χ1n) is 8.38. The number of halogens is 2. The summed E-state index contributed by atoms with van der Waals surface area (Å²) in [6.45, 7) is 4.51. The van der Waals surface area contributed by atoms with E-state index in [1.165, 1.54) is 25.7 Å². The summed E-state index contributed by atoms with van der Waals surface area (Å²) < 4.78 is 5.80. The van der Waals surface area contributed by atoms with Crippen molar-refractivity contribution in [3.05, 3.63) is 10.4 Å². The topological polar surface area (TPSA) is 26.3 Å². The van der Waals surface area contributed by atoms with E-state index in [0.717, 1.165) is 30.0 Å². The van der Waals surface area contributed by atoms with E-state index in [2.05, 4.69) is 13.0 Å². The van der Waals surface area contributed by atoms with Gasteiger partial charge in [0.05, 0.1) is 15.7 Å². The third kappa shape index (κ3) is 6.72. The van der Waals surface area contributed by atoms with E-state index >= 15 is 0 Å². The van der Waals surface area contributed by atoms with E-state index in [4.69, 9.17) is 27.9 Å². The molecule has 0 aromatic rings. The van der Waals surface area contributed by atoms with Crippen molar-refractivity contribution in [3.63, 3.8) is 0 Å². The third-order valence-electron chi connectivity index (χ3n) is 4.14. The van der Waals surface area contributed by atoms with Crippen molar-refractivity contribution in [1.29, 1.82) is 0 Å². The molecule has 0 spiro atoms.